The Morgan fingerprint density at radius 1 is 1.00 bits per heavy atom. The van der Waals surface area contributed by atoms with Crippen LogP contribution in [0, 0.1) is 0 Å². The van der Waals surface area contributed by atoms with Gasteiger partial charge < -0.3 is 15.0 Å². The number of benzene rings is 1. The molecule has 9 nitrogen and oxygen atoms in total. The number of morpholine rings is 1. The first kappa shape index (κ1) is 27.3. The molecule has 1 saturated heterocycles. The molecule has 10 heteroatoms. The molecule has 0 bridgehead atoms. The average molecular weight is 572 g/mol. The molecule has 1 aliphatic carbocycles. The average Bonchev–Trinajstić information content (AvgIpc) is 3.78. The molecule has 2 aliphatic rings. The summed E-state index contributed by atoms with van der Waals surface area (Å²) in [7, 11) is -3.26. The van der Waals surface area contributed by atoms with Gasteiger partial charge in [0.2, 0.25) is 0 Å². The van der Waals surface area contributed by atoms with Crippen LogP contribution in [0.25, 0.3) is 22.3 Å². The number of rotatable bonds is 7. The van der Waals surface area contributed by atoms with E-state index >= 15 is 0 Å². The number of ether oxygens (including phenoxy) is 1. The van der Waals surface area contributed by atoms with Crippen molar-refractivity contribution in [1.29, 1.82) is 0 Å². The molecule has 6 rings (SSSR count). The molecule has 2 fully saturated rings. The van der Waals surface area contributed by atoms with Gasteiger partial charge in [-0.1, -0.05) is 18.2 Å². The van der Waals surface area contributed by atoms with Crippen LogP contribution in [-0.4, -0.2) is 60.8 Å². The number of fused-ring (bicyclic) bond motifs is 1. The van der Waals surface area contributed by atoms with Crippen LogP contribution in [0.15, 0.2) is 66.9 Å². The molecule has 0 spiro atoms. The molecule has 1 aliphatic heterocycles. The molecule has 0 radical (unpaired) electrons. The molecule has 212 valence electrons. The van der Waals surface area contributed by atoms with Crippen molar-refractivity contribution in [3.8, 4) is 11.4 Å². The first-order chi connectivity index (χ1) is 19.6. The van der Waals surface area contributed by atoms with E-state index in [1.807, 2.05) is 36.4 Å². The lowest BCUT2D eigenvalue weighted by Crippen LogP contribution is -2.45. The highest BCUT2D eigenvalue weighted by Gasteiger charge is 2.53. The van der Waals surface area contributed by atoms with Crippen LogP contribution in [0.3, 0.4) is 0 Å². The monoisotopic (exact) mass is 571 g/mol. The van der Waals surface area contributed by atoms with Crippen LogP contribution in [0.5, 0.6) is 0 Å². The second-order valence-electron chi connectivity index (χ2n) is 11.1. The number of anilines is 1. The van der Waals surface area contributed by atoms with E-state index in [1.54, 1.807) is 30.5 Å². The summed E-state index contributed by atoms with van der Waals surface area (Å²) in [4.78, 5) is 29.4. The minimum atomic E-state index is -3.26. The van der Waals surface area contributed by atoms with E-state index in [9.17, 15) is 13.2 Å². The lowest BCUT2D eigenvalue weighted by atomic mass is 10.1. The maximum absolute atomic E-state index is 12.9. The number of aromatic nitrogens is 3. The number of hydrogen-bond acceptors (Lipinski definition) is 8. The first-order valence-electron chi connectivity index (χ1n) is 13.8. The summed E-state index contributed by atoms with van der Waals surface area (Å²) in [5, 5.41) is 3.80. The summed E-state index contributed by atoms with van der Waals surface area (Å²) in [6, 6.07) is 18.6. The summed E-state index contributed by atoms with van der Waals surface area (Å²) < 4.78 is 29.6. The number of nitrogens with one attached hydrogen (secondary N) is 1. The summed E-state index contributed by atoms with van der Waals surface area (Å²) in [5.41, 5.74) is 4.06. The maximum Gasteiger partial charge on any atom is 0.251 e. The second-order valence-corrected chi connectivity index (χ2v) is 13.5. The second kappa shape index (κ2) is 10.5. The fraction of sp³-hybridized carbons (Fsp3) is 0.355. The highest BCUT2D eigenvalue weighted by Crippen LogP contribution is 2.52. The molecule has 1 N–H and O–H groups in total. The molecule has 4 aromatic rings. The zero-order valence-electron chi connectivity index (χ0n) is 23.4. The van der Waals surface area contributed by atoms with Gasteiger partial charge in [0.25, 0.3) is 5.91 Å². The van der Waals surface area contributed by atoms with Crippen LogP contribution in [0.4, 0.5) is 5.82 Å². The predicted molar refractivity (Wildman–Crippen MR) is 158 cm³/mol. The van der Waals surface area contributed by atoms with Gasteiger partial charge >= 0.3 is 0 Å². The van der Waals surface area contributed by atoms with Crippen LogP contribution in [0.2, 0.25) is 0 Å². The van der Waals surface area contributed by atoms with Crippen LogP contribution in [-0.2, 0) is 25.9 Å². The fourth-order valence-corrected chi connectivity index (χ4v) is 7.01. The van der Waals surface area contributed by atoms with E-state index in [-0.39, 0.29) is 24.7 Å². The van der Waals surface area contributed by atoms with E-state index < -0.39 is 14.6 Å². The molecule has 1 saturated carbocycles. The quantitative estimate of drug-likeness (QED) is 0.350. The number of carbonyl (C=O) groups is 1. The number of carbonyl (C=O) groups excluding carboxylic acids is 1. The molecule has 1 amide bonds. The van der Waals surface area contributed by atoms with Gasteiger partial charge in [-0.05, 0) is 74.7 Å². The summed E-state index contributed by atoms with van der Waals surface area (Å²) in [5.74, 6) is 0.616. The van der Waals surface area contributed by atoms with Gasteiger partial charge in [0.15, 0.2) is 9.84 Å². The van der Waals surface area contributed by atoms with Crippen LogP contribution >= 0.6 is 0 Å². The third-order valence-electron chi connectivity index (χ3n) is 7.87. The zero-order valence-corrected chi connectivity index (χ0v) is 24.2. The molecular formula is C31H33N5O4S. The van der Waals surface area contributed by atoms with Crippen molar-refractivity contribution < 1.29 is 17.9 Å². The fourth-order valence-electron chi connectivity index (χ4n) is 5.61. The Labute approximate surface area is 239 Å². The van der Waals surface area contributed by atoms with E-state index in [1.165, 1.54) is 6.26 Å². The number of nitrogens with zero attached hydrogens (tertiary/aromatic N) is 4. The van der Waals surface area contributed by atoms with Crippen molar-refractivity contribution in [2.75, 3.05) is 24.2 Å². The van der Waals surface area contributed by atoms with Gasteiger partial charge in [0.1, 0.15) is 5.82 Å². The summed E-state index contributed by atoms with van der Waals surface area (Å²) >= 11 is 0. The van der Waals surface area contributed by atoms with Gasteiger partial charge in [-0.15, -0.1) is 0 Å². The summed E-state index contributed by atoms with van der Waals surface area (Å²) in [6.07, 6.45) is 4.45. The topological polar surface area (TPSA) is 114 Å². The Balaban J connectivity index is 1.18. The molecular weight excluding hydrogens is 538 g/mol. The van der Waals surface area contributed by atoms with Crippen molar-refractivity contribution in [2.45, 2.75) is 50.2 Å². The smallest absolute Gasteiger partial charge is 0.251 e. The molecule has 3 aromatic heterocycles. The molecule has 2 atom stereocenters. The molecule has 41 heavy (non-hydrogen) atoms. The Hall–Kier alpha value is -3.89. The van der Waals surface area contributed by atoms with Gasteiger partial charge in [-0.2, -0.15) is 0 Å². The molecule has 0 unspecified atom stereocenters. The van der Waals surface area contributed by atoms with Crippen molar-refractivity contribution in [2.24, 2.45) is 0 Å². The number of amides is 1. The van der Waals surface area contributed by atoms with E-state index in [2.05, 4.69) is 29.0 Å². The molecule has 1 aromatic carbocycles. The zero-order chi connectivity index (χ0) is 28.8. The van der Waals surface area contributed by atoms with E-state index in [0.29, 0.717) is 29.7 Å². The number of sulfone groups is 1. The van der Waals surface area contributed by atoms with Crippen LogP contribution in [0.1, 0.15) is 48.3 Å². The standard InChI is InChI=1S/C31H33N5O4S/c1-20-18-36(19-21(2)40-20)29-9-5-8-26(35-29)27-11-10-23-16-32-25(15-28(23)34-27)17-33-30(37)22-6-4-7-24(14-22)31(12-13-31)41(3,38)39/h4-11,14-16,20-21H,12-13,17-19H2,1-3H3,(H,33,37)/t20-,21+. The summed E-state index contributed by atoms with van der Waals surface area (Å²) in [6.45, 7) is 5.93. The largest absolute Gasteiger partial charge is 0.372 e. The van der Waals surface area contributed by atoms with Gasteiger partial charge in [0.05, 0.1) is 46.1 Å². The van der Waals surface area contributed by atoms with Gasteiger partial charge in [0, 0.05) is 36.5 Å². The van der Waals surface area contributed by atoms with Crippen LogP contribution < -0.4 is 10.2 Å². The van der Waals surface area contributed by atoms with Crippen molar-refractivity contribution in [3.05, 3.63) is 83.7 Å². The van der Waals surface area contributed by atoms with Gasteiger partial charge in [-0.3, -0.25) is 9.78 Å². The lowest BCUT2D eigenvalue weighted by molar-refractivity contribution is -0.00545. The van der Waals surface area contributed by atoms with Crippen molar-refractivity contribution in [3.63, 3.8) is 0 Å². The normalized spacial score (nSPS) is 20.1. The highest BCUT2D eigenvalue weighted by atomic mass is 32.2. The Kier molecular flexibility index (Phi) is 6.99. The SMILES string of the molecule is C[C@@H]1CN(c2cccc(-c3ccc4cnc(CNC(=O)c5cccc(C6(S(C)(=O)=O)CC6)c5)cc4n3)n2)C[C@H](C)O1. The third kappa shape index (κ3) is 5.54. The lowest BCUT2D eigenvalue weighted by Gasteiger charge is -2.36. The number of hydrogen-bond donors (Lipinski definition) is 1. The Bertz CT molecular complexity index is 1730. The molecule has 4 heterocycles. The van der Waals surface area contributed by atoms with Crippen molar-refractivity contribution >= 4 is 32.5 Å². The third-order valence-corrected chi connectivity index (χ3v) is 9.93. The van der Waals surface area contributed by atoms with Crippen molar-refractivity contribution in [1.82, 2.24) is 20.3 Å². The Morgan fingerprint density at radius 2 is 1.73 bits per heavy atom. The minimum Gasteiger partial charge on any atom is -0.372 e. The first-order valence-corrected chi connectivity index (χ1v) is 15.7. The minimum absolute atomic E-state index is 0.140. The Morgan fingerprint density at radius 3 is 2.46 bits per heavy atom. The predicted octanol–water partition coefficient (Wildman–Crippen LogP) is 4.27. The highest BCUT2D eigenvalue weighted by molar-refractivity contribution is 7.92. The number of pyridine rings is 3. The van der Waals surface area contributed by atoms with E-state index in [0.717, 1.165) is 41.2 Å². The van der Waals surface area contributed by atoms with E-state index in [4.69, 9.17) is 14.7 Å². The van der Waals surface area contributed by atoms with Gasteiger partial charge in [-0.25, -0.2) is 18.4 Å². The maximum atomic E-state index is 12.9.